The molecule has 1 amide bonds. The third-order valence-electron chi connectivity index (χ3n) is 2.95. The number of hydrogen-bond acceptors (Lipinski definition) is 4. The topological polar surface area (TPSA) is 86.5 Å². The lowest BCUT2D eigenvalue weighted by atomic mass is 10.2. The SMILES string of the molecule is Cc1ccc(S(=O)(=O)Oc2ccccc2C(N)=O)c(C)c1. The summed E-state index contributed by atoms with van der Waals surface area (Å²) < 4.78 is 29.7. The Balaban J connectivity index is 2.45. The van der Waals surface area contributed by atoms with Crippen molar-refractivity contribution in [3.8, 4) is 5.75 Å². The van der Waals surface area contributed by atoms with Gasteiger partial charge in [0, 0.05) is 0 Å². The van der Waals surface area contributed by atoms with Crippen molar-refractivity contribution in [1.29, 1.82) is 0 Å². The zero-order valence-electron chi connectivity index (χ0n) is 11.7. The Labute approximate surface area is 123 Å². The molecule has 0 radical (unpaired) electrons. The van der Waals surface area contributed by atoms with Gasteiger partial charge in [-0.1, -0.05) is 29.8 Å². The van der Waals surface area contributed by atoms with Crippen LogP contribution in [0.25, 0.3) is 0 Å². The van der Waals surface area contributed by atoms with Crippen LogP contribution in [0, 0.1) is 13.8 Å². The number of para-hydroxylation sites is 1. The van der Waals surface area contributed by atoms with Crippen molar-refractivity contribution in [1.82, 2.24) is 0 Å². The van der Waals surface area contributed by atoms with Gasteiger partial charge in [-0.05, 0) is 37.6 Å². The number of carbonyl (C=O) groups is 1. The standard InChI is InChI=1S/C15H15NO4S/c1-10-7-8-14(11(2)9-10)21(18,19)20-13-6-4-3-5-12(13)15(16)17/h3-9H,1-2H3,(H2,16,17). The van der Waals surface area contributed by atoms with Gasteiger partial charge in [-0.15, -0.1) is 0 Å². The fraction of sp³-hybridized carbons (Fsp3) is 0.133. The highest BCUT2D eigenvalue weighted by Crippen LogP contribution is 2.24. The molecule has 2 aromatic carbocycles. The van der Waals surface area contributed by atoms with Crippen LogP contribution in [-0.2, 0) is 10.1 Å². The summed E-state index contributed by atoms with van der Waals surface area (Å²) in [7, 11) is -4.02. The summed E-state index contributed by atoms with van der Waals surface area (Å²) in [6.45, 7) is 3.55. The van der Waals surface area contributed by atoms with Gasteiger partial charge in [0.2, 0.25) is 0 Å². The molecule has 21 heavy (non-hydrogen) atoms. The molecule has 0 saturated heterocycles. The van der Waals surface area contributed by atoms with E-state index in [4.69, 9.17) is 9.92 Å². The number of nitrogens with two attached hydrogens (primary N) is 1. The Bertz CT molecular complexity index is 797. The minimum atomic E-state index is -4.02. The van der Waals surface area contributed by atoms with Crippen molar-refractivity contribution < 1.29 is 17.4 Å². The molecular formula is C15H15NO4S. The van der Waals surface area contributed by atoms with Gasteiger partial charge >= 0.3 is 10.1 Å². The van der Waals surface area contributed by atoms with E-state index in [-0.39, 0.29) is 16.2 Å². The van der Waals surface area contributed by atoms with E-state index in [2.05, 4.69) is 0 Å². The highest BCUT2D eigenvalue weighted by Gasteiger charge is 2.21. The normalized spacial score (nSPS) is 11.1. The van der Waals surface area contributed by atoms with Gasteiger partial charge in [0.15, 0.2) is 5.75 Å². The molecular weight excluding hydrogens is 290 g/mol. The molecule has 0 spiro atoms. The summed E-state index contributed by atoms with van der Waals surface area (Å²) in [6.07, 6.45) is 0. The van der Waals surface area contributed by atoms with E-state index < -0.39 is 16.0 Å². The van der Waals surface area contributed by atoms with E-state index in [9.17, 15) is 13.2 Å². The summed E-state index contributed by atoms with van der Waals surface area (Å²) in [5, 5.41) is 0. The molecule has 6 heteroatoms. The molecule has 110 valence electrons. The van der Waals surface area contributed by atoms with Crippen LogP contribution < -0.4 is 9.92 Å². The van der Waals surface area contributed by atoms with Crippen LogP contribution in [0.2, 0.25) is 0 Å². The minimum Gasteiger partial charge on any atom is -0.378 e. The Kier molecular flexibility index (Phi) is 3.99. The lowest BCUT2D eigenvalue weighted by molar-refractivity contribution is 0.0999. The van der Waals surface area contributed by atoms with Gasteiger partial charge in [-0.25, -0.2) is 0 Å². The van der Waals surface area contributed by atoms with Gasteiger partial charge in [-0.2, -0.15) is 8.42 Å². The van der Waals surface area contributed by atoms with Crippen LogP contribution in [0.1, 0.15) is 21.5 Å². The van der Waals surface area contributed by atoms with Crippen LogP contribution in [0.15, 0.2) is 47.4 Å². The highest BCUT2D eigenvalue weighted by atomic mass is 32.2. The van der Waals surface area contributed by atoms with Crippen LogP contribution >= 0.6 is 0 Å². The lowest BCUT2D eigenvalue weighted by Crippen LogP contribution is -2.16. The summed E-state index contributed by atoms with van der Waals surface area (Å²) in [6, 6.07) is 10.9. The fourth-order valence-corrected chi connectivity index (χ4v) is 3.15. The highest BCUT2D eigenvalue weighted by molar-refractivity contribution is 7.87. The number of carbonyl (C=O) groups excluding carboxylic acids is 1. The summed E-state index contributed by atoms with van der Waals surface area (Å²) in [4.78, 5) is 11.4. The molecule has 0 aliphatic carbocycles. The van der Waals surface area contributed by atoms with Gasteiger partial charge in [0.1, 0.15) is 4.90 Å². The third-order valence-corrected chi connectivity index (χ3v) is 4.35. The van der Waals surface area contributed by atoms with Crippen molar-refractivity contribution in [2.45, 2.75) is 18.7 Å². The van der Waals surface area contributed by atoms with E-state index in [1.54, 1.807) is 31.2 Å². The number of rotatable bonds is 4. The number of benzene rings is 2. The number of amides is 1. The Morgan fingerprint density at radius 2 is 1.76 bits per heavy atom. The van der Waals surface area contributed by atoms with E-state index in [0.717, 1.165) is 5.56 Å². The van der Waals surface area contributed by atoms with Gasteiger partial charge < -0.3 is 9.92 Å². The summed E-state index contributed by atoms with van der Waals surface area (Å²) in [5.41, 5.74) is 6.75. The Hall–Kier alpha value is -2.34. The van der Waals surface area contributed by atoms with Crippen molar-refractivity contribution in [2.75, 3.05) is 0 Å². The van der Waals surface area contributed by atoms with Gasteiger partial charge in [0.05, 0.1) is 5.56 Å². The Morgan fingerprint density at radius 3 is 2.38 bits per heavy atom. The molecule has 2 rings (SSSR count). The molecule has 0 saturated carbocycles. The quantitative estimate of drug-likeness (QED) is 0.877. The average molecular weight is 305 g/mol. The molecule has 0 aliphatic rings. The van der Waals surface area contributed by atoms with Crippen LogP contribution in [0.5, 0.6) is 5.75 Å². The van der Waals surface area contributed by atoms with E-state index >= 15 is 0 Å². The lowest BCUT2D eigenvalue weighted by Gasteiger charge is -2.11. The third kappa shape index (κ3) is 3.22. The number of aryl methyl sites for hydroxylation is 2. The smallest absolute Gasteiger partial charge is 0.339 e. The molecule has 0 aromatic heterocycles. The largest absolute Gasteiger partial charge is 0.378 e. The maximum absolute atomic E-state index is 12.3. The molecule has 0 bridgehead atoms. The molecule has 0 unspecified atom stereocenters. The average Bonchev–Trinajstić information content (AvgIpc) is 2.37. The van der Waals surface area contributed by atoms with Gasteiger partial charge in [0.25, 0.3) is 5.91 Å². The van der Waals surface area contributed by atoms with Crippen LogP contribution in [0.4, 0.5) is 0 Å². The first-order valence-electron chi connectivity index (χ1n) is 6.22. The molecule has 0 fully saturated rings. The molecule has 2 N–H and O–H groups in total. The van der Waals surface area contributed by atoms with Crippen molar-refractivity contribution in [2.24, 2.45) is 5.73 Å². The van der Waals surface area contributed by atoms with E-state index in [0.29, 0.717) is 5.56 Å². The second-order valence-corrected chi connectivity index (χ2v) is 6.18. The molecule has 5 nitrogen and oxygen atoms in total. The van der Waals surface area contributed by atoms with Crippen LogP contribution in [-0.4, -0.2) is 14.3 Å². The predicted molar refractivity (Wildman–Crippen MR) is 78.7 cm³/mol. The molecule has 0 atom stereocenters. The maximum atomic E-state index is 12.3. The molecule has 2 aromatic rings. The fourth-order valence-electron chi connectivity index (χ4n) is 1.99. The zero-order chi connectivity index (χ0) is 15.6. The molecule has 0 heterocycles. The van der Waals surface area contributed by atoms with Crippen molar-refractivity contribution in [3.05, 3.63) is 59.2 Å². The number of primary amides is 1. The predicted octanol–water partition coefficient (Wildman–Crippen LogP) is 2.17. The second-order valence-electron chi connectivity index (χ2n) is 4.67. The second kappa shape index (κ2) is 5.57. The minimum absolute atomic E-state index is 0.0193. The number of hydrogen-bond donors (Lipinski definition) is 1. The Morgan fingerprint density at radius 1 is 1.10 bits per heavy atom. The zero-order valence-corrected chi connectivity index (χ0v) is 12.5. The summed E-state index contributed by atoms with van der Waals surface area (Å²) in [5.74, 6) is -0.827. The molecule has 0 aliphatic heterocycles. The monoisotopic (exact) mass is 305 g/mol. The van der Waals surface area contributed by atoms with Crippen molar-refractivity contribution in [3.63, 3.8) is 0 Å². The van der Waals surface area contributed by atoms with Crippen LogP contribution in [0.3, 0.4) is 0 Å². The van der Waals surface area contributed by atoms with Gasteiger partial charge in [-0.3, -0.25) is 4.79 Å². The first kappa shape index (κ1) is 15.1. The van der Waals surface area contributed by atoms with Crippen molar-refractivity contribution >= 4 is 16.0 Å². The van der Waals surface area contributed by atoms with E-state index in [1.165, 1.54) is 18.2 Å². The first-order valence-corrected chi connectivity index (χ1v) is 7.62. The summed E-state index contributed by atoms with van der Waals surface area (Å²) >= 11 is 0. The first-order chi connectivity index (χ1) is 9.81. The van der Waals surface area contributed by atoms with E-state index in [1.807, 2.05) is 6.92 Å². The maximum Gasteiger partial charge on any atom is 0.339 e.